The zero-order valence-electron chi connectivity index (χ0n) is 20.6. The second-order valence-corrected chi connectivity index (χ2v) is 10.5. The van der Waals surface area contributed by atoms with Crippen LogP contribution in [0.5, 0.6) is 0 Å². The fourth-order valence-corrected chi connectivity index (χ4v) is 6.82. The van der Waals surface area contributed by atoms with Crippen molar-refractivity contribution in [3.05, 3.63) is 89.6 Å². The summed E-state index contributed by atoms with van der Waals surface area (Å²) in [6.45, 7) is 8.67. The number of aromatic nitrogens is 1. The average molecular weight is 532 g/mol. The van der Waals surface area contributed by atoms with Gasteiger partial charge in [0.05, 0.1) is 25.2 Å². The first-order chi connectivity index (χ1) is 17.0. The van der Waals surface area contributed by atoms with Crippen molar-refractivity contribution in [1.29, 1.82) is 0 Å². The molecule has 0 bridgehead atoms. The van der Waals surface area contributed by atoms with Gasteiger partial charge in [-0.25, -0.2) is 4.21 Å². The van der Waals surface area contributed by atoms with Gasteiger partial charge in [0, 0.05) is 33.8 Å². The largest absolute Gasteiger partial charge is 0.468 e. The number of carbonyl (C=O) groups is 1. The number of fused-ring (bicyclic) bond motifs is 1. The Kier molecular flexibility index (Phi) is 12.1. The fraction of sp³-hybridized carbons (Fsp3) is 0.222. The van der Waals surface area contributed by atoms with Gasteiger partial charge in [-0.15, -0.1) is 0 Å². The standard InChI is InChI=1S/C22H19ClNO2PS.C3H6O2.C2H6/c1-16-22(27(26-2)18-9-5-3-6-10-18)20-15-17(23)13-14-21(20)24(16)28(25)19-11-7-4-8-12-19;1-2-5-3-4;1-2/h3-15H,1-2H3;3H,2H2,1H3;1-2H3. The van der Waals surface area contributed by atoms with Crippen LogP contribution in [0, 0.1) is 6.92 Å². The smallest absolute Gasteiger partial charge is 0.293 e. The minimum Gasteiger partial charge on any atom is -0.468 e. The first-order valence-corrected chi connectivity index (χ1v) is 14.0. The molecular formula is C27H31ClNO4PS. The normalized spacial score (nSPS) is 11.9. The molecule has 186 valence electrons. The van der Waals surface area contributed by atoms with E-state index in [0.29, 0.717) is 18.1 Å². The molecule has 2 atom stereocenters. The van der Waals surface area contributed by atoms with E-state index in [-0.39, 0.29) is 0 Å². The Morgan fingerprint density at radius 3 is 2.11 bits per heavy atom. The highest BCUT2D eigenvalue weighted by Crippen LogP contribution is 2.40. The van der Waals surface area contributed by atoms with E-state index in [1.165, 1.54) is 0 Å². The molecule has 35 heavy (non-hydrogen) atoms. The number of ether oxygens (including phenoxy) is 1. The van der Waals surface area contributed by atoms with Crippen LogP contribution in [0.25, 0.3) is 10.9 Å². The molecule has 2 unspecified atom stereocenters. The molecule has 0 amide bonds. The third kappa shape index (κ3) is 7.02. The zero-order chi connectivity index (χ0) is 25.8. The number of nitrogens with zero attached hydrogens (tertiary/aromatic N) is 1. The van der Waals surface area contributed by atoms with Gasteiger partial charge in [0.25, 0.3) is 6.47 Å². The van der Waals surface area contributed by atoms with E-state index in [9.17, 15) is 9.00 Å². The Hall–Kier alpha value is -2.50. The highest BCUT2D eigenvalue weighted by molar-refractivity contribution is 7.83. The van der Waals surface area contributed by atoms with E-state index >= 15 is 0 Å². The average Bonchev–Trinajstić information content (AvgIpc) is 3.18. The highest BCUT2D eigenvalue weighted by Gasteiger charge is 2.26. The van der Waals surface area contributed by atoms with Crippen molar-refractivity contribution >= 4 is 58.7 Å². The summed E-state index contributed by atoms with van der Waals surface area (Å²) in [6, 6.07) is 25.3. The number of hydrogen-bond acceptors (Lipinski definition) is 4. The predicted molar refractivity (Wildman–Crippen MR) is 149 cm³/mol. The maximum absolute atomic E-state index is 13.4. The van der Waals surface area contributed by atoms with E-state index in [0.717, 1.165) is 32.1 Å². The Morgan fingerprint density at radius 2 is 1.60 bits per heavy atom. The maximum atomic E-state index is 13.4. The molecule has 4 aromatic rings. The lowest BCUT2D eigenvalue weighted by Gasteiger charge is -2.16. The number of benzene rings is 3. The minimum atomic E-state index is -1.37. The highest BCUT2D eigenvalue weighted by atomic mass is 35.5. The SMILES string of the molecule is CC.CCOC=O.COP(c1ccccc1)c1c(C)n(S(=O)c2ccccc2)c2ccc(Cl)cc12. The van der Waals surface area contributed by atoms with Gasteiger partial charge in [-0.3, -0.25) is 8.77 Å². The molecule has 0 aliphatic rings. The Morgan fingerprint density at radius 1 is 1.00 bits per heavy atom. The summed E-state index contributed by atoms with van der Waals surface area (Å²) in [6.07, 6.45) is 0. The molecule has 0 saturated carbocycles. The first-order valence-electron chi connectivity index (χ1n) is 11.3. The van der Waals surface area contributed by atoms with Gasteiger partial charge >= 0.3 is 0 Å². The third-order valence-electron chi connectivity index (χ3n) is 4.80. The topological polar surface area (TPSA) is 57.5 Å². The van der Waals surface area contributed by atoms with Crippen LogP contribution in [0.1, 0.15) is 26.5 Å². The zero-order valence-corrected chi connectivity index (χ0v) is 23.1. The molecule has 1 aromatic heterocycles. The molecule has 4 rings (SSSR count). The van der Waals surface area contributed by atoms with Crippen LogP contribution in [-0.2, 0) is 25.0 Å². The van der Waals surface area contributed by atoms with Crippen LogP contribution in [0.4, 0.5) is 0 Å². The molecule has 0 spiro atoms. The van der Waals surface area contributed by atoms with Gasteiger partial charge in [-0.2, -0.15) is 0 Å². The molecule has 1 heterocycles. The molecule has 0 radical (unpaired) electrons. The summed E-state index contributed by atoms with van der Waals surface area (Å²) >= 11 is 6.32. The molecule has 5 nitrogen and oxygen atoms in total. The minimum absolute atomic E-state index is 0.431. The number of rotatable bonds is 7. The Balaban J connectivity index is 0.000000551. The quantitative estimate of drug-likeness (QED) is 0.205. The van der Waals surface area contributed by atoms with Crippen LogP contribution >= 0.6 is 19.7 Å². The van der Waals surface area contributed by atoms with Crippen molar-refractivity contribution in [2.75, 3.05) is 13.7 Å². The summed E-state index contributed by atoms with van der Waals surface area (Å²) < 4.78 is 25.4. The third-order valence-corrected chi connectivity index (χ3v) is 8.62. The molecule has 0 aliphatic carbocycles. The van der Waals surface area contributed by atoms with E-state index in [1.54, 1.807) is 14.0 Å². The summed E-state index contributed by atoms with van der Waals surface area (Å²) in [5, 5.41) is 3.78. The van der Waals surface area contributed by atoms with Gasteiger partial charge in [0.2, 0.25) is 0 Å². The molecule has 8 heteroatoms. The molecule has 3 aromatic carbocycles. The summed E-state index contributed by atoms with van der Waals surface area (Å²) in [5.74, 6) is 0. The van der Waals surface area contributed by atoms with E-state index in [2.05, 4.69) is 16.9 Å². The molecule has 0 aliphatic heterocycles. The van der Waals surface area contributed by atoms with E-state index in [1.807, 2.05) is 91.5 Å². The predicted octanol–water partition coefficient (Wildman–Crippen LogP) is 6.37. The molecule has 0 N–H and O–H groups in total. The molecule has 0 saturated heterocycles. The van der Waals surface area contributed by atoms with Gasteiger partial charge in [-0.05, 0) is 44.2 Å². The summed E-state index contributed by atoms with van der Waals surface area (Å²) in [5.41, 5.74) is 1.82. The molecular weight excluding hydrogens is 501 g/mol. The lowest BCUT2D eigenvalue weighted by atomic mass is 10.2. The van der Waals surface area contributed by atoms with Crippen molar-refractivity contribution in [2.45, 2.75) is 32.6 Å². The van der Waals surface area contributed by atoms with E-state index in [4.69, 9.17) is 16.1 Å². The van der Waals surface area contributed by atoms with Gasteiger partial charge in [-0.1, -0.05) is 74.0 Å². The fourth-order valence-electron chi connectivity index (χ4n) is 3.42. The number of carbonyl (C=O) groups excluding carboxylic acids is 1. The van der Waals surface area contributed by atoms with Crippen molar-refractivity contribution in [3.8, 4) is 0 Å². The second-order valence-electron chi connectivity index (χ2n) is 6.82. The van der Waals surface area contributed by atoms with Crippen molar-refractivity contribution in [1.82, 2.24) is 3.97 Å². The van der Waals surface area contributed by atoms with Crippen LogP contribution in [0.2, 0.25) is 5.02 Å². The Bertz CT molecular complexity index is 1230. The lowest BCUT2D eigenvalue weighted by molar-refractivity contribution is -0.128. The van der Waals surface area contributed by atoms with Crippen LogP contribution in [-0.4, -0.2) is 28.4 Å². The summed E-state index contributed by atoms with van der Waals surface area (Å²) in [7, 11) is -0.711. The van der Waals surface area contributed by atoms with E-state index < -0.39 is 19.1 Å². The maximum Gasteiger partial charge on any atom is 0.293 e. The van der Waals surface area contributed by atoms with Crippen LogP contribution in [0.3, 0.4) is 0 Å². The lowest BCUT2D eigenvalue weighted by Crippen LogP contribution is -2.16. The first kappa shape index (κ1) is 28.7. The van der Waals surface area contributed by atoms with Crippen molar-refractivity contribution in [2.24, 2.45) is 0 Å². The number of hydrogen-bond donors (Lipinski definition) is 0. The van der Waals surface area contributed by atoms with Crippen LogP contribution in [0.15, 0.2) is 83.8 Å². The molecule has 0 fully saturated rings. The monoisotopic (exact) mass is 531 g/mol. The summed E-state index contributed by atoms with van der Waals surface area (Å²) in [4.78, 5) is 9.94. The number of halogens is 1. The van der Waals surface area contributed by atoms with Crippen molar-refractivity contribution in [3.63, 3.8) is 0 Å². The Labute approximate surface area is 216 Å². The van der Waals surface area contributed by atoms with Gasteiger partial charge < -0.3 is 9.26 Å². The van der Waals surface area contributed by atoms with Crippen LogP contribution < -0.4 is 10.6 Å². The van der Waals surface area contributed by atoms with Gasteiger partial charge in [0.1, 0.15) is 0 Å². The second kappa shape index (κ2) is 14.8. The van der Waals surface area contributed by atoms with Gasteiger partial charge in [0.15, 0.2) is 11.0 Å². The van der Waals surface area contributed by atoms with Crippen molar-refractivity contribution < 1.29 is 18.3 Å².